The summed E-state index contributed by atoms with van der Waals surface area (Å²) >= 11 is 1.41. The Morgan fingerprint density at radius 2 is 2.33 bits per heavy atom. The minimum atomic E-state index is 0.285. The van der Waals surface area contributed by atoms with Crippen molar-refractivity contribution < 1.29 is 0 Å². The smallest absolute Gasteiger partial charge is 0.183 e. The number of thiazole rings is 1. The molecular formula is C11H17N3S. The third-order valence-corrected chi connectivity index (χ3v) is 3.12. The molecule has 0 bridgehead atoms. The summed E-state index contributed by atoms with van der Waals surface area (Å²) in [4.78, 5) is 4.79. The monoisotopic (exact) mass is 223 g/mol. The highest BCUT2D eigenvalue weighted by Crippen LogP contribution is 2.24. The summed E-state index contributed by atoms with van der Waals surface area (Å²) in [6, 6.07) is 2.09. The summed E-state index contributed by atoms with van der Waals surface area (Å²) in [6.45, 7) is 7.57. The Labute approximate surface area is 95.2 Å². The van der Waals surface area contributed by atoms with Gasteiger partial charge in [0.2, 0.25) is 0 Å². The van der Waals surface area contributed by atoms with Gasteiger partial charge in [0.25, 0.3) is 0 Å². The molecule has 0 saturated heterocycles. The number of anilines is 1. The molecule has 4 heteroatoms. The molecule has 0 spiro atoms. The second kappa shape index (κ2) is 5.13. The first kappa shape index (κ1) is 12.0. The van der Waals surface area contributed by atoms with Crippen LogP contribution in [0.25, 0.3) is 0 Å². The van der Waals surface area contributed by atoms with E-state index < -0.39 is 0 Å². The van der Waals surface area contributed by atoms with Gasteiger partial charge >= 0.3 is 0 Å². The highest BCUT2D eigenvalue weighted by atomic mass is 32.1. The molecule has 1 rings (SSSR count). The van der Waals surface area contributed by atoms with Gasteiger partial charge in [-0.05, 0) is 11.8 Å². The molecule has 0 aliphatic carbocycles. The molecule has 0 aliphatic heterocycles. The fourth-order valence-electron chi connectivity index (χ4n) is 1.49. The average Bonchev–Trinajstić information content (AvgIpc) is 2.62. The van der Waals surface area contributed by atoms with Crippen LogP contribution in [-0.4, -0.2) is 11.5 Å². The molecule has 0 radical (unpaired) electrons. The highest BCUT2D eigenvalue weighted by molar-refractivity contribution is 7.16. The van der Waals surface area contributed by atoms with E-state index in [4.69, 9.17) is 5.26 Å². The molecule has 82 valence electrons. The summed E-state index contributed by atoms with van der Waals surface area (Å²) in [5.41, 5.74) is 0.285. The van der Waals surface area contributed by atoms with Crippen LogP contribution in [0.2, 0.25) is 0 Å². The van der Waals surface area contributed by atoms with Gasteiger partial charge in [-0.2, -0.15) is 5.26 Å². The van der Waals surface area contributed by atoms with Gasteiger partial charge in [-0.25, -0.2) is 4.98 Å². The quantitative estimate of drug-likeness (QED) is 0.833. The largest absolute Gasteiger partial charge is 0.361 e. The maximum atomic E-state index is 8.66. The number of hydrogen-bond acceptors (Lipinski definition) is 4. The van der Waals surface area contributed by atoms with Crippen molar-refractivity contribution in [3.05, 3.63) is 11.1 Å². The third-order valence-electron chi connectivity index (χ3n) is 2.26. The molecule has 0 aliphatic rings. The average molecular weight is 223 g/mol. The van der Waals surface area contributed by atoms with E-state index in [0.29, 0.717) is 4.88 Å². The maximum absolute atomic E-state index is 8.66. The SMILES string of the molecule is CCCC(C)(C)CNc1ncc(C#N)s1. The highest BCUT2D eigenvalue weighted by Gasteiger charge is 2.16. The topological polar surface area (TPSA) is 48.7 Å². The maximum Gasteiger partial charge on any atom is 0.183 e. The van der Waals surface area contributed by atoms with Gasteiger partial charge in [-0.1, -0.05) is 38.5 Å². The van der Waals surface area contributed by atoms with Crippen LogP contribution in [0.3, 0.4) is 0 Å². The van der Waals surface area contributed by atoms with Gasteiger partial charge in [0.05, 0.1) is 6.20 Å². The van der Waals surface area contributed by atoms with Crippen LogP contribution in [0.4, 0.5) is 5.13 Å². The number of nitrogens with one attached hydrogen (secondary N) is 1. The molecule has 1 N–H and O–H groups in total. The lowest BCUT2D eigenvalue weighted by Crippen LogP contribution is -2.22. The van der Waals surface area contributed by atoms with E-state index in [0.717, 1.165) is 11.7 Å². The van der Waals surface area contributed by atoms with E-state index in [1.54, 1.807) is 6.20 Å². The predicted octanol–water partition coefficient (Wildman–Crippen LogP) is 3.25. The van der Waals surface area contributed by atoms with Gasteiger partial charge in [-0.3, -0.25) is 0 Å². The first-order valence-electron chi connectivity index (χ1n) is 5.17. The van der Waals surface area contributed by atoms with Crippen molar-refractivity contribution >= 4 is 16.5 Å². The fraction of sp³-hybridized carbons (Fsp3) is 0.636. The van der Waals surface area contributed by atoms with E-state index in [9.17, 15) is 0 Å². The summed E-state index contributed by atoms with van der Waals surface area (Å²) in [7, 11) is 0. The van der Waals surface area contributed by atoms with Gasteiger partial charge in [0.15, 0.2) is 5.13 Å². The second-order valence-electron chi connectivity index (χ2n) is 4.41. The van der Waals surface area contributed by atoms with Gasteiger partial charge in [-0.15, -0.1) is 0 Å². The molecule has 0 unspecified atom stereocenters. The van der Waals surface area contributed by atoms with Crippen LogP contribution in [-0.2, 0) is 0 Å². The van der Waals surface area contributed by atoms with Crippen molar-refractivity contribution in [2.24, 2.45) is 5.41 Å². The fourth-order valence-corrected chi connectivity index (χ4v) is 2.10. The van der Waals surface area contributed by atoms with Crippen molar-refractivity contribution in [2.45, 2.75) is 33.6 Å². The van der Waals surface area contributed by atoms with Crippen molar-refractivity contribution in [2.75, 3.05) is 11.9 Å². The number of nitrogens with zero attached hydrogens (tertiary/aromatic N) is 2. The molecule has 0 atom stereocenters. The molecule has 0 amide bonds. The van der Waals surface area contributed by atoms with Crippen molar-refractivity contribution in [3.63, 3.8) is 0 Å². The molecule has 1 aromatic heterocycles. The number of nitriles is 1. The van der Waals surface area contributed by atoms with E-state index in [1.807, 2.05) is 0 Å². The minimum absolute atomic E-state index is 0.285. The molecule has 15 heavy (non-hydrogen) atoms. The molecule has 3 nitrogen and oxygen atoms in total. The van der Waals surface area contributed by atoms with Crippen molar-refractivity contribution in [1.82, 2.24) is 4.98 Å². The Bertz CT molecular complexity index is 349. The first-order chi connectivity index (χ1) is 7.07. The Hall–Kier alpha value is -1.08. The molecule has 1 aromatic rings. The summed E-state index contributed by atoms with van der Waals surface area (Å²) in [5, 5.41) is 12.8. The van der Waals surface area contributed by atoms with Crippen LogP contribution >= 0.6 is 11.3 Å². The Morgan fingerprint density at radius 1 is 1.60 bits per heavy atom. The van der Waals surface area contributed by atoms with Crippen LogP contribution in [0.15, 0.2) is 6.20 Å². The molecule has 1 heterocycles. The normalized spacial score (nSPS) is 11.1. The van der Waals surface area contributed by atoms with Crippen LogP contribution in [0, 0.1) is 16.7 Å². The lowest BCUT2D eigenvalue weighted by molar-refractivity contribution is 0.354. The third kappa shape index (κ3) is 3.88. The van der Waals surface area contributed by atoms with Gasteiger partial charge < -0.3 is 5.32 Å². The zero-order valence-corrected chi connectivity index (χ0v) is 10.3. The minimum Gasteiger partial charge on any atom is -0.361 e. The van der Waals surface area contributed by atoms with E-state index >= 15 is 0 Å². The number of hydrogen-bond donors (Lipinski definition) is 1. The van der Waals surface area contributed by atoms with Crippen LogP contribution in [0.1, 0.15) is 38.5 Å². The van der Waals surface area contributed by atoms with Crippen molar-refractivity contribution in [3.8, 4) is 6.07 Å². The molecular weight excluding hydrogens is 206 g/mol. The molecule has 0 fully saturated rings. The van der Waals surface area contributed by atoms with E-state index in [1.165, 1.54) is 24.2 Å². The van der Waals surface area contributed by atoms with Crippen molar-refractivity contribution in [1.29, 1.82) is 5.26 Å². The predicted molar refractivity (Wildman–Crippen MR) is 64.0 cm³/mol. The lowest BCUT2D eigenvalue weighted by atomic mass is 9.88. The lowest BCUT2D eigenvalue weighted by Gasteiger charge is -2.23. The molecule has 0 aromatic carbocycles. The summed E-state index contributed by atoms with van der Waals surface area (Å²) in [6.07, 6.45) is 3.99. The van der Waals surface area contributed by atoms with Gasteiger partial charge in [0.1, 0.15) is 10.9 Å². The number of aromatic nitrogens is 1. The zero-order valence-electron chi connectivity index (χ0n) is 9.50. The summed E-state index contributed by atoms with van der Waals surface area (Å²) in [5.74, 6) is 0. The standard InChI is InChI=1S/C11H17N3S/c1-4-5-11(2,3)8-14-10-13-7-9(6-12)15-10/h7H,4-5,8H2,1-3H3,(H,13,14). The van der Waals surface area contributed by atoms with Crippen LogP contribution < -0.4 is 5.32 Å². The van der Waals surface area contributed by atoms with E-state index in [-0.39, 0.29) is 5.41 Å². The number of rotatable bonds is 5. The van der Waals surface area contributed by atoms with E-state index in [2.05, 4.69) is 37.1 Å². The first-order valence-corrected chi connectivity index (χ1v) is 5.99. The second-order valence-corrected chi connectivity index (χ2v) is 5.44. The Balaban J connectivity index is 2.46. The zero-order chi connectivity index (χ0) is 11.3. The Kier molecular flexibility index (Phi) is 4.10. The Morgan fingerprint density at radius 3 is 2.87 bits per heavy atom. The molecule has 0 saturated carbocycles. The van der Waals surface area contributed by atoms with Crippen LogP contribution in [0.5, 0.6) is 0 Å². The summed E-state index contributed by atoms with van der Waals surface area (Å²) < 4.78 is 0. The van der Waals surface area contributed by atoms with Gasteiger partial charge in [0, 0.05) is 6.54 Å².